The molecule has 0 unspecified atom stereocenters. The van der Waals surface area contributed by atoms with E-state index in [1.165, 1.54) is 29.5 Å². The fourth-order valence-corrected chi connectivity index (χ4v) is 4.73. The number of likely N-dealkylation sites (tertiary alicyclic amines) is 1. The second kappa shape index (κ2) is 8.48. The van der Waals surface area contributed by atoms with E-state index in [1.807, 2.05) is 6.07 Å². The average molecular weight is 377 g/mol. The molecular formula is C25H32N2O. The van der Waals surface area contributed by atoms with Crippen LogP contribution in [-0.2, 0) is 17.8 Å². The van der Waals surface area contributed by atoms with E-state index in [2.05, 4.69) is 65.7 Å². The Labute approximate surface area is 169 Å². The molecule has 3 nitrogen and oxygen atoms in total. The Balaban J connectivity index is 1.18. The molecule has 2 aromatic rings. The molecule has 2 aliphatic rings. The molecule has 28 heavy (non-hydrogen) atoms. The van der Waals surface area contributed by atoms with Gasteiger partial charge in [-0.2, -0.15) is 0 Å². The predicted molar refractivity (Wildman–Crippen MR) is 114 cm³/mol. The summed E-state index contributed by atoms with van der Waals surface area (Å²) in [5.41, 5.74) is 4.45. The highest BCUT2D eigenvalue weighted by Gasteiger charge is 2.58. The summed E-state index contributed by atoms with van der Waals surface area (Å²) in [7, 11) is 0. The van der Waals surface area contributed by atoms with Crippen LogP contribution in [0.2, 0.25) is 0 Å². The van der Waals surface area contributed by atoms with E-state index in [0.29, 0.717) is 11.3 Å². The van der Waals surface area contributed by atoms with Gasteiger partial charge in [-0.3, -0.25) is 9.69 Å². The maximum absolute atomic E-state index is 12.6. The fraction of sp³-hybridized carbons (Fsp3) is 0.480. The highest BCUT2D eigenvalue weighted by Crippen LogP contribution is 2.59. The summed E-state index contributed by atoms with van der Waals surface area (Å²) in [6.07, 6.45) is 5.47. The van der Waals surface area contributed by atoms with Crippen LogP contribution in [-0.4, -0.2) is 30.4 Å². The van der Waals surface area contributed by atoms with Crippen molar-refractivity contribution in [1.82, 2.24) is 10.2 Å². The summed E-state index contributed by atoms with van der Waals surface area (Å²) in [5, 5.41) is 3.19. The van der Waals surface area contributed by atoms with Crippen molar-refractivity contribution >= 4 is 5.91 Å². The van der Waals surface area contributed by atoms with Gasteiger partial charge in [0, 0.05) is 19.0 Å². The van der Waals surface area contributed by atoms with Crippen LogP contribution < -0.4 is 5.32 Å². The van der Waals surface area contributed by atoms with Crippen molar-refractivity contribution in [2.24, 2.45) is 11.3 Å². The lowest BCUT2D eigenvalue weighted by Crippen LogP contribution is -2.37. The molecule has 1 atom stereocenters. The van der Waals surface area contributed by atoms with Crippen LogP contribution in [0.4, 0.5) is 0 Å². The molecule has 1 aliphatic heterocycles. The molecule has 1 heterocycles. The largest absolute Gasteiger partial charge is 0.356 e. The third-order valence-electron chi connectivity index (χ3n) is 6.80. The zero-order valence-corrected chi connectivity index (χ0v) is 17.0. The topological polar surface area (TPSA) is 32.3 Å². The molecule has 1 saturated heterocycles. The molecule has 4 rings (SSSR count). The lowest BCUT2D eigenvalue weighted by Gasteiger charge is -2.33. The molecule has 0 bridgehead atoms. The summed E-state index contributed by atoms with van der Waals surface area (Å²) >= 11 is 0. The van der Waals surface area contributed by atoms with Crippen molar-refractivity contribution in [3.8, 4) is 0 Å². The molecule has 2 aromatic carbocycles. The normalized spacial score (nSPS) is 20.8. The standard InChI is InChI=1S/C25H32N2O/c1-20-8-5-6-12-22(20)19-27-16-13-25(14-17-27)18-23(25)24(28)26-15-7-11-21-9-3-2-4-10-21/h2-6,8-10,12,23H,7,11,13-19H2,1H3,(H,26,28)/t23-/m1/s1. The van der Waals surface area contributed by atoms with Gasteiger partial charge in [0.2, 0.25) is 5.91 Å². The van der Waals surface area contributed by atoms with Gasteiger partial charge in [0.15, 0.2) is 0 Å². The molecule has 1 saturated carbocycles. The number of rotatable bonds is 7. The molecule has 1 aliphatic carbocycles. The number of hydrogen-bond donors (Lipinski definition) is 1. The molecule has 2 fully saturated rings. The number of carbonyl (C=O) groups is 1. The number of nitrogens with zero attached hydrogens (tertiary/aromatic N) is 1. The summed E-state index contributed by atoms with van der Waals surface area (Å²) < 4.78 is 0. The zero-order chi connectivity index (χ0) is 19.4. The first-order chi connectivity index (χ1) is 13.7. The van der Waals surface area contributed by atoms with Gasteiger partial charge < -0.3 is 5.32 Å². The number of benzene rings is 2. The first kappa shape index (κ1) is 19.2. The summed E-state index contributed by atoms with van der Waals surface area (Å²) in [4.78, 5) is 15.1. The van der Waals surface area contributed by atoms with Crippen LogP contribution in [0.1, 0.15) is 42.4 Å². The number of amides is 1. The Bertz CT molecular complexity index is 793. The number of hydrogen-bond acceptors (Lipinski definition) is 2. The summed E-state index contributed by atoms with van der Waals surface area (Å²) in [6.45, 7) is 6.26. The number of aryl methyl sites for hydroxylation is 2. The van der Waals surface area contributed by atoms with Crippen molar-refractivity contribution < 1.29 is 4.79 Å². The van der Waals surface area contributed by atoms with E-state index < -0.39 is 0 Å². The second-order valence-corrected chi connectivity index (χ2v) is 8.70. The van der Waals surface area contributed by atoms with E-state index in [9.17, 15) is 4.79 Å². The smallest absolute Gasteiger partial charge is 0.223 e. The molecule has 148 valence electrons. The zero-order valence-electron chi connectivity index (χ0n) is 17.0. The summed E-state index contributed by atoms with van der Waals surface area (Å²) in [5.74, 6) is 0.547. The fourth-order valence-electron chi connectivity index (χ4n) is 4.73. The van der Waals surface area contributed by atoms with Gasteiger partial charge in [-0.15, -0.1) is 0 Å². The Morgan fingerprint density at radius 1 is 1.07 bits per heavy atom. The highest BCUT2D eigenvalue weighted by molar-refractivity contribution is 5.82. The monoisotopic (exact) mass is 376 g/mol. The molecule has 1 spiro atoms. The van der Waals surface area contributed by atoms with Crippen LogP contribution in [0.15, 0.2) is 54.6 Å². The Kier molecular flexibility index (Phi) is 5.82. The van der Waals surface area contributed by atoms with Crippen LogP contribution in [0, 0.1) is 18.3 Å². The van der Waals surface area contributed by atoms with Gasteiger partial charge in [-0.05, 0) is 74.2 Å². The SMILES string of the molecule is Cc1ccccc1CN1CCC2(CC1)C[C@@H]2C(=O)NCCCc1ccccc1. The maximum atomic E-state index is 12.6. The third kappa shape index (κ3) is 4.47. The van der Waals surface area contributed by atoms with Gasteiger partial charge in [0.05, 0.1) is 0 Å². The molecule has 1 N–H and O–H groups in total. The first-order valence-electron chi connectivity index (χ1n) is 10.7. The van der Waals surface area contributed by atoms with E-state index >= 15 is 0 Å². The van der Waals surface area contributed by atoms with E-state index in [1.54, 1.807) is 0 Å². The Hall–Kier alpha value is -2.13. The Morgan fingerprint density at radius 3 is 2.54 bits per heavy atom. The van der Waals surface area contributed by atoms with Crippen molar-refractivity contribution in [2.75, 3.05) is 19.6 Å². The minimum atomic E-state index is 0.254. The first-order valence-corrected chi connectivity index (χ1v) is 10.7. The quantitative estimate of drug-likeness (QED) is 0.729. The van der Waals surface area contributed by atoms with Gasteiger partial charge in [-0.1, -0.05) is 54.6 Å². The van der Waals surface area contributed by atoms with Crippen LogP contribution in [0.3, 0.4) is 0 Å². The number of carbonyl (C=O) groups excluding carboxylic acids is 1. The maximum Gasteiger partial charge on any atom is 0.223 e. The average Bonchev–Trinajstić information content (AvgIpc) is 3.43. The van der Waals surface area contributed by atoms with Gasteiger partial charge in [0.1, 0.15) is 0 Å². The minimum absolute atomic E-state index is 0.254. The van der Waals surface area contributed by atoms with Crippen LogP contribution >= 0.6 is 0 Å². The van der Waals surface area contributed by atoms with Crippen LogP contribution in [0.5, 0.6) is 0 Å². The summed E-state index contributed by atoms with van der Waals surface area (Å²) in [6, 6.07) is 19.2. The molecule has 0 radical (unpaired) electrons. The number of piperidine rings is 1. The van der Waals surface area contributed by atoms with Crippen molar-refractivity contribution in [3.05, 3.63) is 71.3 Å². The minimum Gasteiger partial charge on any atom is -0.356 e. The number of nitrogens with one attached hydrogen (secondary N) is 1. The van der Waals surface area contributed by atoms with Gasteiger partial charge in [-0.25, -0.2) is 0 Å². The van der Waals surface area contributed by atoms with Crippen molar-refractivity contribution in [1.29, 1.82) is 0 Å². The van der Waals surface area contributed by atoms with E-state index in [0.717, 1.165) is 45.4 Å². The van der Waals surface area contributed by atoms with Gasteiger partial charge >= 0.3 is 0 Å². The molecular weight excluding hydrogens is 344 g/mol. The Morgan fingerprint density at radius 2 is 1.79 bits per heavy atom. The molecule has 3 heteroatoms. The van der Waals surface area contributed by atoms with Crippen LogP contribution in [0.25, 0.3) is 0 Å². The predicted octanol–water partition coefficient (Wildman–Crippen LogP) is 4.35. The van der Waals surface area contributed by atoms with Crippen molar-refractivity contribution in [3.63, 3.8) is 0 Å². The molecule has 0 aromatic heterocycles. The van der Waals surface area contributed by atoms with Crippen molar-refractivity contribution in [2.45, 2.75) is 45.6 Å². The van der Waals surface area contributed by atoms with Gasteiger partial charge in [0.25, 0.3) is 0 Å². The second-order valence-electron chi connectivity index (χ2n) is 8.70. The lowest BCUT2D eigenvalue weighted by atomic mass is 9.90. The lowest BCUT2D eigenvalue weighted by molar-refractivity contribution is -0.123. The molecule has 1 amide bonds. The van der Waals surface area contributed by atoms with E-state index in [4.69, 9.17) is 0 Å². The third-order valence-corrected chi connectivity index (χ3v) is 6.80. The van der Waals surface area contributed by atoms with E-state index in [-0.39, 0.29) is 5.92 Å². The highest BCUT2D eigenvalue weighted by atomic mass is 16.2.